The van der Waals surface area contributed by atoms with Crippen molar-refractivity contribution in [3.8, 4) is 0 Å². The number of aromatic nitrogens is 4. The Morgan fingerprint density at radius 1 is 1.12 bits per heavy atom. The molecular weight excluding hydrogens is 340 g/mol. The summed E-state index contributed by atoms with van der Waals surface area (Å²) in [6, 6.07) is 9.39. The Labute approximate surface area is 149 Å². The smallest absolute Gasteiger partial charge is 0.227 e. The van der Waals surface area contributed by atoms with Crippen LogP contribution in [-0.4, -0.2) is 56.8 Å². The van der Waals surface area contributed by atoms with E-state index in [1.54, 1.807) is 10.8 Å². The quantitative estimate of drug-likeness (QED) is 0.714. The molecule has 0 N–H and O–H groups in total. The Kier molecular flexibility index (Phi) is 4.23. The molecule has 1 aromatic carbocycles. The van der Waals surface area contributed by atoms with Crippen molar-refractivity contribution in [3.63, 3.8) is 0 Å². The summed E-state index contributed by atoms with van der Waals surface area (Å²) in [6.45, 7) is 2.95. The monoisotopic (exact) mass is 356 g/mol. The van der Waals surface area contributed by atoms with Crippen molar-refractivity contribution in [2.45, 2.75) is 6.42 Å². The summed E-state index contributed by atoms with van der Waals surface area (Å²) < 4.78 is 1.63. The minimum Gasteiger partial charge on any atom is -0.367 e. The minimum absolute atomic E-state index is 0.146. The molecule has 1 aliphatic heterocycles. The fraction of sp³-hybridized carbons (Fsp3) is 0.294. The van der Waals surface area contributed by atoms with E-state index in [1.807, 2.05) is 41.4 Å². The molecule has 2 aromatic heterocycles. The number of anilines is 1. The van der Waals surface area contributed by atoms with E-state index in [-0.39, 0.29) is 5.91 Å². The number of piperazine rings is 1. The van der Waals surface area contributed by atoms with Gasteiger partial charge in [-0.1, -0.05) is 23.7 Å². The van der Waals surface area contributed by atoms with Crippen LogP contribution < -0.4 is 4.90 Å². The Morgan fingerprint density at radius 3 is 2.64 bits per heavy atom. The predicted molar refractivity (Wildman–Crippen MR) is 94.7 cm³/mol. The van der Waals surface area contributed by atoms with Gasteiger partial charge in [0.05, 0.1) is 18.3 Å². The van der Waals surface area contributed by atoms with E-state index in [9.17, 15) is 4.79 Å². The topological polar surface area (TPSA) is 66.6 Å². The van der Waals surface area contributed by atoms with Gasteiger partial charge in [-0.2, -0.15) is 5.10 Å². The van der Waals surface area contributed by atoms with E-state index < -0.39 is 0 Å². The first kappa shape index (κ1) is 15.8. The normalized spacial score (nSPS) is 14.9. The van der Waals surface area contributed by atoms with Crippen molar-refractivity contribution >= 4 is 28.8 Å². The molecule has 3 aromatic rings. The van der Waals surface area contributed by atoms with Gasteiger partial charge in [0.2, 0.25) is 5.91 Å². The molecule has 0 aliphatic carbocycles. The highest BCUT2D eigenvalue weighted by Gasteiger charge is 2.22. The van der Waals surface area contributed by atoms with Crippen LogP contribution in [0.15, 0.2) is 42.9 Å². The Hall–Kier alpha value is -2.67. The summed E-state index contributed by atoms with van der Waals surface area (Å²) in [6.07, 6.45) is 3.79. The van der Waals surface area contributed by atoms with Gasteiger partial charge >= 0.3 is 0 Å². The van der Waals surface area contributed by atoms with E-state index in [0.717, 1.165) is 30.0 Å². The van der Waals surface area contributed by atoms with Gasteiger partial charge in [0.25, 0.3) is 0 Å². The van der Waals surface area contributed by atoms with Crippen LogP contribution in [0.25, 0.3) is 5.65 Å². The summed E-state index contributed by atoms with van der Waals surface area (Å²) in [4.78, 5) is 16.6. The highest BCUT2D eigenvalue weighted by molar-refractivity contribution is 6.30. The molecule has 1 fully saturated rings. The van der Waals surface area contributed by atoms with Crippen LogP contribution in [0.1, 0.15) is 5.56 Å². The first-order valence-corrected chi connectivity index (χ1v) is 8.50. The lowest BCUT2D eigenvalue weighted by molar-refractivity contribution is -0.130. The Morgan fingerprint density at radius 2 is 1.88 bits per heavy atom. The number of halogens is 1. The molecule has 4 rings (SSSR count). The molecule has 25 heavy (non-hydrogen) atoms. The van der Waals surface area contributed by atoms with E-state index in [1.165, 1.54) is 0 Å². The zero-order valence-corrected chi connectivity index (χ0v) is 14.3. The molecule has 1 aliphatic rings. The zero-order valence-electron chi connectivity index (χ0n) is 13.5. The summed E-state index contributed by atoms with van der Waals surface area (Å²) in [5.74, 6) is 0.146. The maximum Gasteiger partial charge on any atom is 0.227 e. The second kappa shape index (κ2) is 6.68. The average Bonchev–Trinajstić information content (AvgIpc) is 3.11. The number of fused-ring (bicyclic) bond motifs is 1. The molecule has 0 saturated carbocycles. The van der Waals surface area contributed by atoms with Crippen LogP contribution in [0, 0.1) is 0 Å². The van der Waals surface area contributed by atoms with Crippen LogP contribution in [0.2, 0.25) is 5.02 Å². The van der Waals surface area contributed by atoms with Crippen LogP contribution in [0.5, 0.6) is 0 Å². The first-order chi connectivity index (χ1) is 12.2. The summed E-state index contributed by atoms with van der Waals surface area (Å²) >= 11 is 5.88. The molecule has 0 radical (unpaired) electrons. The van der Waals surface area contributed by atoms with E-state index in [0.29, 0.717) is 24.5 Å². The van der Waals surface area contributed by atoms with Crippen molar-refractivity contribution in [1.29, 1.82) is 0 Å². The molecule has 7 nitrogen and oxygen atoms in total. The third-order valence-electron chi connectivity index (χ3n) is 4.41. The molecular formula is C17H17ClN6O. The fourth-order valence-corrected chi connectivity index (χ4v) is 3.12. The average molecular weight is 357 g/mol. The van der Waals surface area contributed by atoms with Crippen molar-refractivity contribution in [2.24, 2.45) is 0 Å². The Balaban J connectivity index is 1.37. The summed E-state index contributed by atoms with van der Waals surface area (Å²) in [7, 11) is 0. The molecule has 0 bridgehead atoms. The zero-order chi connectivity index (χ0) is 17.2. The maximum atomic E-state index is 12.5. The van der Waals surface area contributed by atoms with Gasteiger partial charge in [-0.25, -0.2) is 4.52 Å². The molecule has 0 spiro atoms. The van der Waals surface area contributed by atoms with Crippen LogP contribution in [0.3, 0.4) is 0 Å². The molecule has 3 heterocycles. The first-order valence-electron chi connectivity index (χ1n) is 8.12. The predicted octanol–water partition coefficient (Wildman–Crippen LogP) is 1.67. The van der Waals surface area contributed by atoms with Gasteiger partial charge in [0, 0.05) is 37.3 Å². The van der Waals surface area contributed by atoms with E-state index in [2.05, 4.69) is 20.2 Å². The van der Waals surface area contributed by atoms with Crippen molar-refractivity contribution in [1.82, 2.24) is 24.7 Å². The molecule has 8 heteroatoms. The number of hydrogen-bond acceptors (Lipinski definition) is 5. The molecule has 0 atom stereocenters. The second-order valence-electron chi connectivity index (χ2n) is 6.02. The van der Waals surface area contributed by atoms with Gasteiger partial charge in [0.15, 0.2) is 5.65 Å². The van der Waals surface area contributed by atoms with Gasteiger partial charge < -0.3 is 9.80 Å². The third kappa shape index (κ3) is 3.41. The van der Waals surface area contributed by atoms with Gasteiger partial charge in [0.1, 0.15) is 6.33 Å². The van der Waals surface area contributed by atoms with Crippen molar-refractivity contribution in [2.75, 3.05) is 31.1 Å². The highest BCUT2D eigenvalue weighted by atomic mass is 35.5. The number of carbonyl (C=O) groups excluding carboxylic acids is 1. The fourth-order valence-electron chi connectivity index (χ4n) is 2.99. The van der Waals surface area contributed by atoms with Crippen LogP contribution in [0.4, 0.5) is 5.69 Å². The van der Waals surface area contributed by atoms with Gasteiger partial charge in [-0.15, -0.1) is 10.2 Å². The number of amides is 1. The largest absolute Gasteiger partial charge is 0.367 e. The number of benzene rings is 1. The number of carbonyl (C=O) groups is 1. The lowest BCUT2D eigenvalue weighted by Gasteiger charge is -2.36. The molecule has 0 unspecified atom stereocenters. The standard InChI is InChI=1S/C17H17ClN6O/c18-14-3-1-13(2-4-14)9-17(25)23-7-5-22(6-8-23)15-10-16-21-19-12-24(16)20-11-15/h1-4,10-12H,5-9H2. The third-order valence-corrected chi connectivity index (χ3v) is 4.67. The second-order valence-corrected chi connectivity index (χ2v) is 6.45. The maximum absolute atomic E-state index is 12.5. The SMILES string of the molecule is O=C(Cc1ccc(Cl)cc1)N1CCN(c2cnn3cnnc3c2)CC1. The lowest BCUT2D eigenvalue weighted by Crippen LogP contribution is -2.49. The van der Waals surface area contributed by atoms with Gasteiger partial charge in [-0.3, -0.25) is 4.79 Å². The highest BCUT2D eigenvalue weighted by Crippen LogP contribution is 2.17. The Bertz CT molecular complexity index is 886. The van der Waals surface area contributed by atoms with Gasteiger partial charge in [-0.05, 0) is 17.7 Å². The van der Waals surface area contributed by atoms with E-state index in [4.69, 9.17) is 11.6 Å². The molecule has 1 saturated heterocycles. The molecule has 128 valence electrons. The summed E-state index contributed by atoms with van der Waals surface area (Å²) in [5, 5.41) is 12.8. The van der Waals surface area contributed by atoms with Crippen LogP contribution in [-0.2, 0) is 11.2 Å². The summed E-state index contributed by atoms with van der Waals surface area (Å²) in [5.41, 5.74) is 2.71. The lowest BCUT2D eigenvalue weighted by atomic mass is 10.1. The molecule has 1 amide bonds. The van der Waals surface area contributed by atoms with Crippen molar-refractivity contribution < 1.29 is 4.79 Å². The minimum atomic E-state index is 0.146. The number of hydrogen-bond donors (Lipinski definition) is 0. The van der Waals surface area contributed by atoms with Crippen LogP contribution >= 0.6 is 11.6 Å². The van der Waals surface area contributed by atoms with E-state index >= 15 is 0 Å². The number of nitrogens with zero attached hydrogens (tertiary/aromatic N) is 6. The number of rotatable bonds is 3. The van der Waals surface area contributed by atoms with Crippen molar-refractivity contribution in [3.05, 3.63) is 53.4 Å².